The van der Waals surface area contributed by atoms with E-state index in [2.05, 4.69) is 9.97 Å². The summed E-state index contributed by atoms with van der Waals surface area (Å²) >= 11 is 0. The zero-order valence-electron chi connectivity index (χ0n) is 17.8. The molecule has 0 amide bonds. The van der Waals surface area contributed by atoms with Gasteiger partial charge in [0.1, 0.15) is 5.82 Å². The van der Waals surface area contributed by atoms with Gasteiger partial charge in [-0.15, -0.1) is 0 Å². The molecule has 0 bridgehead atoms. The van der Waals surface area contributed by atoms with Crippen molar-refractivity contribution in [2.75, 3.05) is 0 Å². The molecule has 0 aliphatic rings. The van der Waals surface area contributed by atoms with Crippen LogP contribution in [0.1, 0.15) is 9.94 Å². The minimum atomic E-state index is 0.0208. The average molecular weight is 349 g/mol. The van der Waals surface area contributed by atoms with E-state index in [9.17, 15) is 0 Å². The van der Waals surface area contributed by atoms with Crippen molar-refractivity contribution in [2.45, 2.75) is 6.92 Å². The molecular weight excluding hydrogens is 328 g/mol. The maximum atomic E-state index is 8.88. The molecule has 0 N–H and O–H groups in total. The fourth-order valence-electron chi connectivity index (χ4n) is 3.35. The van der Waals surface area contributed by atoms with Crippen molar-refractivity contribution in [1.82, 2.24) is 9.97 Å². The highest BCUT2D eigenvalue weighted by Gasteiger charge is 2.09. The maximum Gasteiger partial charge on any atom is 0.126 e. The first-order valence-electron chi connectivity index (χ1n) is 10.4. The molecule has 0 saturated heterocycles. The summed E-state index contributed by atoms with van der Waals surface area (Å²) in [6.07, 6.45) is 0. The number of aryl methyl sites for hydroxylation is 1. The molecule has 0 aliphatic heterocycles. The predicted octanol–water partition coefficient (Wildman–Crippen LogP) is 6.43. The molecule has 2 heteroatoms. The van der Waals surface area contributed by atoms with Gasteiger partial charge in [-0.25, -0.2) is 9.97 Å². The van der Waals surface area contributed by atoms with Gasteiger partial charge in [-0.05, 0) is 47.0 Å². The summed E-state index contributed by atoms with van der Waals surface area (Å²) in [6, 6.07) is 23.7. The van der Waals surface area contributed by atoms with E-state index in [1.165, 1.54) is 0 Å². The third-order valence-electron chi connectivity index (χ3n) is 4.66. The molecule has 0 unspecified atom stereocenters. The molecule has 0 radical (unpaired) electrons. The third-order valence-corrected chi connectivity index (χ3v) is 4.66. The van der Waals surface area contributed by atoms with Crippen LogP contribution in [0.2, 0.25) is 0 Å². The van der Waals surface area contributed by atoms with E-state index < -0.39 is 0 Å². The quantitative estimate of drug-likeness (QED) is 0.367. The average Bonchev–Trinajstić information content (AvgIpc) is 2.77. The van der Waals surface area contributed by atoms with E-state index >= 15 is 0 Å². The molecule has 2 nitrogen and oxygen atoms in total. The Hall–Kier alpha value is -3.52. The van der Waals surface area contributed by atoms with Gasteiger partial charge >= 0.3 is 0 Å². The molecular formula is C25H18N2. The van der Waals surface area contributed by atoms with Gasteiger partial charge in [0.2, 0.25) is 0 Å². The van der Waals surface area contributed by atoms with Gasteiger partial charge < -0.3 is 0 Å². The summed E-state index contributed by atoms with van der Waals surface area (Å²) < 4.78 is 26.3. The third kappa shape index (κ3) is 2.85. The molecule has 0 fully saturated rings. The van der Waals surface area contributed by atoms with Crippen LogP contribution in [0.4, 0.5) is 0 Å². The van der Waals surface area contributed by atoms with Crippen molar-refractivity contribution in [1.29, 1.82) is 0 Å². The lowest BCUT2D eigenvalue weighted by molar-refractivity contribution is 1.10. The lowest BCUT2D eigenvalue weighted by Gasteiger charge is -2.10. The summed E-state index contributed by atoms with van der Waals surface area (Å²) in [5, 5.41) is 2.58. The van der Waals surface area contributed by atoms with Gasteiger partial charge in [-0.1, -0.05) is 72.8 Å². The second kappa shape index (κ2) is 6.33. The zero-order chi connectivity index (χ0) is 20.8. The van der Waals surface area contributed by atoms with Crippen LogP contribution in [0, 0.1) is 6.92 Å². The van der Waals surface area contributed by atoms with Gasteiger partial charge in [0.15, 0.2) is 0 Å². The number of aromatic nitrogens is 2. The largest absolute Gasteiger partial charge is 0.233 e. The van der Waals surface area contributed by atoms with Gasteiger partial charge in [-0.2, -0.15) is 0 Å². The Balaban J connectivity index is 1.85. The Morgan fingerprint density at radius 3 is 2.33 bits per heavy atom. The molecule has 0 aliphatic carbocycles. The van der Waals surface area contributed by atoms with Crippen LogP contribution >= 0.6 is 0 Å². The highest BCUT2D eigenvalue weighted by molar-refractivity contribution is 5.95. The lowest BCUT2D eigenvalue weighted by Crippen LogP contribution is -1.94. The summed E-state index contributed by atoms with van der Waals surface area (Å²) in [6.45, 7) is 1.79. The summed E-state index contributed by atoms with van der Waals surface area (Å²) in [5.41, 5.74) is 3.02. The van der Waals surface area contributed by atoms with Crippen molar-refractivity contribution in [3.8, 4) is 22.4 Å². The monoisotopic (exact) mass is 349 g/mol. The normalized spacial score (nSPS) is 12.7. The van der Waals surface area contributed by atoms with Crippen LogP contribution < -0.4 is 0 Å². The summed E-state index contributed by atoms with van der Waals surface area (Å²) in [7, 11) is 0. The first kappa shape index (κ1) is 12.8. The van der Waals surface area contributed by atoms with Crippen LogP contribution in [0.3, 0.4) is 0 Å². The molecule has 0 atom stereocenters. The van der Waals surface area contributed by atoms with Crippen LogP contribution in [-0.4, -0.2) is 9.97 Å². The molecule has 0 saturated carbocycles. The molecule has 4 aromatic carbocycles. The Labute approximate surface area is 162 Å². The first-order chi connectivity index (χ1) is 14.5. The zero-order valence-corrected chi connectivity index (χ0v) is 14.8. The molecule has 1 heterocycles. The Morgan fingerprint density at radius 1 is 0.704 bits per heavy atom. The summed E-state index contributed by atoms with van der Waals surface area (Å²) in [4.78, 5) is 9.07. The van der Waals surface area contributed by atoms with E-state index in [4.69, 9.17) is 4.11 Å². The molecule has 1 aromatic heterocycles. The SMILES string of the molecule is [2H]c1c(-c2ccc3ccccc3c2)c([2H])c2nc(C)nc(-c3ccccc3)c2c1[2H]. The second-order valence-electron chi connectivity index (χ2n) is 6.52. The Morgan fingerprint density at radius 2 is 1.48 bits per heavy atom. The maximum absolute atomic E-state index is 8.88. The van der Waals surface area contributed by atoms with E-state index in [0.29, 0.717) is 28.0 Å². The van der Waals surface area contributed by atoms with Crippen molar-refractivity contribution >= 4 is 21.7 Å². The standard InChI is InChI=1S/C25H18N2/c1-17-26-24-16-22(21-12-11-18-7-5-6-10-20(18)15-21)13-14-23(24)25(27-17)19-8-3-2-4-9-19/h2-16H,1H3/i13D,14D,16D. The van der Waals surface area contributed by atoms with Crippen LogP contribution in [0.5, 0.6) is 0 Å². The van der Waals surface area contributed by atoms with E-state index in [0.717, 1.165) is 21.9 Å². The van der Waals surface area contributed by atoms with E-state index in [-0.39, 0.29) is 18.1 Å². The number of fused-ring (bicyclic) bond motifs is 2. The number of hydrogen-bond donors (Lipinski definition) is 0. The minimum absolute atomic E-state index is 0.0208. The van der Waals surface area contributed by atoms with E-state index in [1.807, 2.05) is 72.8 Å². The smallest absolute Gasteiger partial charge is 0.126 e. The molecule has 27 heavy (non-hydrogen) atoms. The van der Waals surface area contributed by atoms with E-state index in [1.54, 1.807) is 6.92 Å². The second-order valence-corrected chi connectivity index (χ2v) is 6.52. The summed E-state index contributed by atoms with van der Waals surface area (Å²) in [5.74, 6) is 0.538. The van der Waals surface area contributed by atoms with Crippen molar-refractivity contribution < 1.29 is 4.11 Å². The lowest BCUT2D eigenvalue weighted by atomic mass is 9.99. The van der Waals surface area contributed by atoms with Gasteiger partial charge in [-0.3, -0.25) is 0 Å². The van der Waals surface area contributed by atoms with Crippen LogP contribution in [0.15, 0.2) is 90.9 Å². The highest BCUT2D eigenvalue weighted by atomic mass is 14.9. The van der Waals surface area contributed by atoms with Crippen molar-refractivity contribution in [2.24, 2.45) is 0 Å². The first-order valence-corrected chi connectivity index (χ1v) is 8.87. The fraction of sp³-hybridized carbons (Fsp3) is 0.0400. The van der Waals surface area contributed by atoms with Crippen LogP contribution in [0.25, 0.3) is 44.1 Å². The van der Waals surface area contributed by atoms with Crippen LogP contribution in [-0.2, 0) is 0 Å². The molecule has 128 valence electrons. The van der Waals surface area contributed by atoms with Crippen molar-refractivity contribution in [3.63, 3.8) is 0 Å². The minimum Gasteiger partial charge on any atom is -0.233 e. The van der Waals surface area contributed by atoms with Crippen molar-refractivity contribution in [3.05, 3.63) is 96.7 Å². The highest BCUT2D eigenvalue weighted by Crippen LogP contribution is 2.31. The number of benzene rings is 4. The Bertz CT molecular complexity index is 1430. The fourth-order valence-corrected chi connectivity index (χ4v) is 3.35. The molecule has 0 spiro atoms. The molecule has 5 aromatic rings. The molecule has 5 rings (SSSR count). The predicted molar refractivity (Wildman–Crippen MR) is 113 cm³/mol. The number of rotatable bonds is 2. The number of nitrogens with zero attached hydrogens (tertiary/aromatic N) is 2. The topological polar surface area (TPSA) is 25.8 Å². The Kier molecular flexibility index (Phi) is 2.99. The van der Waals surface area contributed by atoms with Gasteiger partial charge in [0.25, 0.3) is 0 Å². The number of hydrogen-bond acceptors (Lipinski definition) is 2. The van der Waals surface area contributed by atoms with Gasteiger partial charge in [0, 0.05) is 10.9 Å². The van der Waals surface area contributed by atoms with Gasteiger partial charge in [0.05, 0.1) is 15.3 Å².